The summed E-state index contributed by atoms with van der Waals surface area (Å²) in [7, 11) is 0. The summed E-state index contributed by atoms with van der Waals surface area (Å²) < 4.78 is 1.87. The highest BCUT2D eigenvalue weighted by Gasteiger charge is 2.41. The third-order valence-corrected chi connectivity index (χ3v) is 5.60. The number of hydrogen-bond donors (Lipinski definition) is 1. The van der Waals surface area contributed by atoms with Gasteiger partial charge in [-0.1, -0.05) is 13.3 Å². The average Bonchev–Trinajstić information content (AvgIpc) is 2.95. The van der Waals surface area contributed by atoms with Crippen molar-refractivity contribution in [2.75, 3.05) is 6.54 Å². The average molecular weight is 381 g/mol. The van der Waals surface area contributed by atoms with Gasteiger partial charge in [0.05, 0.1) is 13.1 Å². The van der Waals surface area contributed by atoms with Crippen LogP contribution in [0.4, 0.5) is 0 Å². The molecule has 1 aromatic heterocycles. The molecule has 0 aliphatic heterocycles. The molecule has 1 aliphatic rings. The number of amides is 1. The Morgan fingerprint density at radius 3 is 2.71 bits per heavy atom. The van der Waals surface area contributed by atoms with E-state index >= 15 is 0 Å². The zero-order valence-electron chi connectivity index (χ0n) is 9.69. The number of carbonyl (C=O) groups is 1. The summed E-state index contributed by atoms with van der Waals surface area (Å²) in [6.07, 6.45) is 4.94. The van der Waals surface area contributed by atoms with E-state index in [4.69, 9.17) is 0 Å². The van der Waals surface area contributed by atoms with Crippen molar-refractivity contribution < 1.29 is 4.79 Å². The third kappa shape index (κ3) is 3.32. The van der Waals surface area contributed by atoms with Crippen LogP contribution < -0.4 is 5.32 Å². The van der Waals surface area contributed by atoms with Crippen LogP contribution in [0.2, 0.25) is 0 Å². The third-order valence-electron chi connectivity index (χ3n) is 3.26. The molecule has 2 nitrogen and oxygen atoms in total. The molecule has 2 rings (SSSR count). The van der Waals surface area contributed by atoms with Gasteiger partial charge in [-0.05, 0) is 62.6 Å². The van der Waals surface area contributed by atoms with E-state index < -0.39 is 0 Å². The van der Waals surface area contributed by atoms with Crippen LogP contribution in [0, 0.1) is 5.41 Å². The van der Waals surface area contributed by atoms with Crippen molar-refractivity contribution >= 4 is 49.1 Å². The van der Waals surface area contributed by atoms with Gasteiger partial charge in [0.15, 0.2) is 0 Å². The Morgan fingerprint density at radius 1 is 1.53 bits per heavy atom. The molecule has 0 unspecified atom stereocenters. The molecule has 1 fully saturated rings. The topological polar surface area (TPSA) is 29.1 Å². The van der Waals surface area contributed by atoms with Crippen LogP contribution in [0.15, 0.2) is 13.6 Å². The van der Waals surface area contributed by atoms with Gasteiger partial charge in [0.2, 0.25) is 0 Å². The number of nitrogens with one attached hydrogen (secondary N) is 1. The largest absolute Gasteiger partial charge is 0.351 e. The summed E-state index contributed by atoms with van der Waals surface area (Å²) in [4.78, 5) is 12.0. The maximum atomic E-state index is 12.0. The Kier molecular flexibility index (Phi) is 4.31. The first-order valence-electron chi connectivity index (χ1n) is 5.79. The molecule has 1 amide bonds. The second-order valence-corrected chi connectivity index (χ2v) is 8.42. The van der Waals surface area contributed by atoms with Gasteiger partial charge in [0.1, 0.15) is 0 Å². The molecule has 1 heterocycles. The molecule has 0 radical (unpaired) electrons. The van der Waals surface area contributed by atoms with Crippen LogP contribution in [0.1, 0.15) is 43.0 Å². The molecule has 1 aliphatic carbocycles. The van der Waals surface area contributed by atoms with Gasteiger partial charge in [0.25, 0.3) is 5.91 Å². The highest BCUT2D eigenvalue weighted by atomic mass is 79.9. The second-order valence-electron chi connectivity index (χ2n) is 4.67. The van der Waals surface area contributed by atoms with Crippen molar-refractivity contribution in [2.24, 2.45) is 5.41 Å². The maximum absolute atomic E-state index is 12.0. The first-order chi connectivity index (χ1) is 8.06. The van der Waals surface area contributed by atoms with Crippen LogP contribution in [-0.2, 0) is 0 Å². The maximum Gasteiger partial charge on any atom is 0.253 e. The normalized spacial score (nSPS) is 16.9. The van der Waals surface area contributed by atoms with Crippen LogP contribution in [0.25, 0.3) is 0 Å². The summed E-state index contributed by atoms with van der Waals surface area (Å²) in [5.74, 6) is 0.0289. The molecule has 17 heavy (non-hydrogen) atoms. The van der Waals surface area contributed by atoms with E-state index in [1.165, 1.54) is 37.0 Å². The van der Waals surface area contributed by atoms with Crippen molar-refractivity contribution in [3.63, 3.8) is 0 Å². The standard InChI is InChI=1S/C12H15Br2NOS/c1-2-3-12(4-5-12)7-15-11(16)8-6-9(13)17-10(8)14/h6H,2-5,7H2,1H3,(H,15,16). The van der Waals surface area contributed by atoms with Gasteiger partial charge in [-0.2, -0.15) is 0 Å². The van der Waals surface area contributed by atoms with Gasteiger partial charge in [-0.3, -0.25) is 4.79 Å². The predicted molar refractivity (Wildman–Crippen MR) is 78.6 cm³/mol. The molecular weight excluding hydrogens is 366 g/mol. The molecule has 0 spiro atoms. The fourth-order valence-electron chi connectivity index (χ4n) is 2.08. The first-order valence-corrected chi connectivity index (χ1v) is 8.20. The van der Waals surface area contributed by atoms with Crippen LogP contribution >= 0.6 is 43.2 Å². The molecule has 0 aromatic carbocycles. The number of halogens is 2. The molecule has 94 valence electrons. The Morgan fingerprint density at radius 2 is 2.24 bits per heavy atom. The lowest BCUT2D eigenvalue weighted by Crippen LogP contribution is -2.30. The van der Waals surface area contributed by atoms with Crippen LogP contribution in [0.5, 0.6) is 0 Å². The smallest absolute Gasteiger partial charge is 0.253 e. The van der Waals surface area contributed by atoms with Crippen LogP contribution in [0.3, 0.4) is 0 Å². The fraction of sp³-hybridized carbons (Fsp3) is 0.583. The Labute approximate surface area is 122 Å². The van der Waals surface area contributed by atoms with Gasteiger partial charge >= 0.3 is 0 Å². The fourth-order valence-corrected chi connectivity index (χ4v) is 4.87. The van der Waals surface area contributed by atoms with Crippen LogP contribution in [-0.4, -0.2) is 12.5 Å². The Balaban J connectivity index is 1.92. The lowest BCUT2D eigenvalue weighted by Gasteiger charge is -2.14. The zero-order valence-corrected chi connectivity index (χ0v) is 13.7. The molecule has 0 atom stereocenters. The molecule has 5 heteroatoms. The van der Waals surface area contributed by atoms with Crippen molar-refractivity contribution in [1.29, 1.82) is 0 Å². The van der Waals surface area contributed by atoms with E-state index in [2.05, 4.69) is 44.1 Å². The van der Waals surface area contributed by atoms with Crippen molar-refractivity contribution in [1.82, 2.24) is 5.32 Å². The van der Waals surface area contributed by atoms with Gasteiger partial charge in [-0.25, -0.2) is 0 Å². The molecule has 1 N–H and O–H groups in total. The lowest BCUT2D eigenvalue weighted by molar-refractivity contribution is 0.0943. The summed E-state index contributed by atoms with van der Waals surface area (Å²) in [6, 6.07) is 1.86. The van der Waals surface area contributed by atoms with E-state index in [9.17, 15) is 4.79 Å². The number of thiophene rings is 1. The minimum atomic E-state index is 0.0289. The lowest BCUT2D eigenvalue weighted by atomic mass is 10.0. The molecule has 1 aromatic rings. The second kappa shape index (κ2) is 5.41. The quantitative estimate of drug-likeness (QED) is 0.795. The van der Waals surface area contributed by atoms with Crippen molar-refractivity contribution in [3.8, 4) is 0 Å². The van der Waals surface area contributed by atoms with E-state index in [0.717, 1.165) is 19.7 Å². The molecule has 0 saturated heterocycles. The van der Waals surface area contributed by atoms with Crippen molar-refractivity contribution in [2.45, 2.75) is 32.6 Å². The SMILES string of the molecule is CCCC1(CNC(=O)c2cc(Br)sc2Br)CC1. The summed E-state index contributed by atoms with van der Waals surface area (Å²) in [5.41, 5.74) is 1.14. The van der Waals surface area contributed by atoms with E-state index in [1.54, 1.807) is 0 Å². The van der Waals surface area contributed by atoms with Crippen molar-refractivity contribution in [3.05, 3.63) is 19.2 Å². The highest BCUT2D eigenvalue weighted by molar-refractivity contribution is 9.12. The predicted octanol–water partition coefficient (Wildman–Crippen LogP) is 4.58. The van der Waals surface area contributed by atoms with E-state index in [1.807, 2.05) is 6.07 Å². The number of hydrogen-bond acceptors (Lipinski definition) is 2. The summed E-state index contributed by atoms with van der Waals surface area (Å²) in [5, 5.41) is 3.06. The number of carbonyl (C=O) groups excluding carboxylic acids is 1. The first kappa shape index (κ1) is 13.6. The van der Waals surface area contributed by atoms with Gasteiger partial charge in [0, 0.05) is 6.54 Å². The van der Waals surface area contributed by atoms with E-state index in [-0.39, 0.29) is 5.91 Å². The van der Waals surface area contributed by atoms with Gasteiger partial charge in [-0.15, -0.1) is 11.3 Å². The summed E-state index contributed by atoms with van der Waals surface area (Å²) in [6.45, 7) is 3.02. The highest BCUT2D eigenvalue weighted by Crippen LogP contribution is 2.49. The monoisotopic (exact) mass is 379 g/mol. The number of rotatable bonds is 5. The Hall–Kier alpha value is 0.130. The van der Waals surface area contributed by atoms with E-state index in [0.29, 0.717) is 5.41 Å². The minimum Gasteiger partial charge on any atom is -0.351 e. The molecule has 1 saturated carbocycles. The Bertz CT molecular complexity index is 426. The molecular formula is C12H15Br2NOS. The molecule has 0 bridgehead atoms. The van der Waals surface area contributed by atoms with Gasteiger partial charge < -0.3 is 5.32 Å². The zero-order chi connectivity index (χ0) is 12.5. The summed E-state index contributed by atoms with van der Waals surface area (Å²) >= 11 is 8.33. The minimum absolute atomic E-state index is 0.0289.